The van der Waals surface area contributed by atoms with Crippen LogP contribution in [0.3, 0.4) is 0 Å². The van der Waals surface area contributed by atoms with E-state index in [0.29, 0.717) is 16.2 Å². The van der Waals surface area contributed by atoms with Gasteiger partial charge >= 0.3 is 0 Å². The summed E-state index contributed by atoms with van der Waals surface area (Å²) in [6.45, 7) is 4.54. The van der Waals surface area contributed by atoms with E-state index in [1.807, 2.05) is 12.1 Å². The first-order valence-electron chi connectivity index (χ1n) is 13.3. The van der Waals surface area contributed by atoms with Crippen molar-refractivity contribution in [2.75, 3.05) is 0 Å². The van der Waals surface area contributed by atoms with E-state index < -0.39 is 0 Å². The van der Waals surface area contributed by atoms with Gasteiger partial charge in [-0.1, -0.05) is 83.1 Å². The Morgan fingerprint density at radius 3 is 2.27 bits per heavy atom. The summed E-state index contributed by atoms with van der Waals surface area (Å²) in [5.41, 5.74) is 2.43. The summed E-state index contributed by atoms with van der Waals surface area (Å²) in [7, 11) is 0. The van der Waals surface area contributed by atoms with Crippen molar-refractivity contribution in [1.82, 2.24) is 0 Å². The van der Waals surface area contributed by atoms with E-state index in [2.05, 4.69) is 32.0 Å². The van der Waals surface area contributed by atoms with E-state index in [9.17, 15) is 0 Å². The first-order chi connectivity index (χ1) is 16.1. The first kappa shape index (κ1) is 24.4. The van der Waals surface area contributed by atoms with Crippen molar-refractivity contribution in [1.29, 1.82) is 0 Å². The monoisotopic (exact) mass is 466 g/mol. The number of hydrogen-bond acceptors (Lipinski definition) is 2. The molecule has 0 radical (unpaired) electrons. The van der Waals surface area contributed by atoms with Crippen LogP contribution in [0.15, 0.2) is 34.7 Å². The molecule has 0 bridgehead atoms. The smallest absolute Gasteiger partial charge is 0.198 e. The fourth-order valence-electron chi connectivity index (χ4n) is 5.65. The highest BCUT2D eigenvalue weighted by Crippen LogP contribution is 2.39. The fraction of sp³-hybridized carbons (Fsp3) is 0.567. The molecule has 1 aliphatic carbocycles. The SMILES string of the molecule is CCCCCCCCCc1ccc2c(oc(=S)c3cc(C4CCC(CC)CC4)ccc32)c1F. The van der Waals surface area contributed by atoms with Crippen LogP contribution in [0, 0.1) is 16.4 Å². The first-order valence-corrected chi connectivity index (χ1v) is 13.7. The van der Waals surface area contributed by atoms with Gasteiger partial charge in [-0.05, 0) is 85.2 Å². The number of aryl methyl sites for hydroxylation is 1. The highest BCUT2D eigenvalue weighted by molar-refractivity contribution is 7.71. The molecule has 4 rings (SSSR count). The van der Waals surface area contributed by atoms with Crippen molar-refractivity contribution >= 4 is 34.0 Å². The Kier molecular flexibility index (Phi) is 8.57. The van der Waals surface area contributed by atoms with Gasteiger partial charge in [0.2, 0.25) is 0 Å². The Hall–Kier alpha value is -1.74. The van der Waals surface area contributed by atoms with E-state index >= 15 is 4.39 Å². The molecule has 0 saturated heterocycles. The van der Waals surface area contributed by atoms with Crippen LogP contribution in [0.2, 0.25) is 0 Å². The third-order valence-electron chi connectivity index (χ3n) is 7.87. The minimum Gasteiger partial charge on any atom is -0.441 e. The molecule has 3 heteroatoms. The lowest BCUT2D eigenvalue weighted by Crippen LogP contribution is -2.12. The van der Waals surface area contributed by atoms with E-state index in [0.717, 1.165) is 46.9 Å². The van der Waals surface area contributed by atoms with Gasteiger partial charge in [-0.15, -0.1) is 0 Å². The molecule has 0 atom stereocenters. The normalized spacial score (nSPS) is 18.9. The molecule has 0 unspecified atom stereocenters. The van der Waals surface area contributed by atoms with Gasteiger partial charge in [0.15, 0.2) is 16.1 Å². The van der Waals surface area contributed by atoms with Crippen LogP contribution >= 0.6 is 12.2 Å². The number of benzene rings is 2. The number of unbranched alkanes of at least 4 members (excludes halogenated alkanes) is 6. The molecule has 33 heavy (non-hydrogen) atoms. The lowest BCUT2D eigenvalue weighted by atomic mass is 9.77. The molecule has 178 valence electrons. The van der Waals surface area contributed by atoms with Gasteiger partial charge in [-0.2, -0.15) is 0 Å². The molecule has 2 aromatic carbocycles. The number of rotatable bonds is 10. The zero-order chi connectivity index (χ0) is 23.2. The van der Waals surface area contributed by atoms with Gasteiger partial charge in [0.25, 0.3) is 0 Å². The van der Waals surface area contributed by atoms with Gasteiger partial charge in [0.05, 0.1) is 0 Å². The summed E-state index contributed by atoms with van der Waals surface area (Å²) < 4.78 is 21.7. The van der Waals surface area contributed by atoms with Crippen molar-refractivity contribution in [2.45, 2.75) is 103 Å². The second-order valence-corrected chi connectivity index (χ2v) is 10.5. The predicted molar refractivity (Wildman–Crippen MR) is 141 cm³/mol. The van der Waals surface area contributed by atoms with E-state index in [4.69, 9.17) is 16.6 Å². The highest BCUT2D eigenvalue weighted by Gasteiger charge is 2.22. The second-order valence-electron chi connectivity index (χ2n) is 10.1. The minimum atomic E-state index is -0.228. The summed E-state index contributed by atoms with van der Waals surface area (Å²) in [6.07, 6.45) is 15.8. The number of halogens is 1. The molecule has 1 fully saturated rings. The lowest BCUT2D eigenvalue weighted by Gasteiger charge is -2.28. The molecule has 0 spiro atoms. The third-order valence-corrected chi connectivity index (χ3v) is 8.17. The Bertz CT molecular complexity index is 1120. The molecule has 0 amide bonds. The lowest BCUT2D eigenvalue weighted by molar-refractivity contribution is 0.319. The molecule has 1 aliphatic rings. The topological polar surface area (TPSA) is 13.1 Å². The van der Waals surface area contributed by atoms with Gasteiger partial charge in [-0.3, -0.25) is 0 Å². The molecule has 1 aromatic heterocycles. The summed E-state index contributed by atoms with van der Waals surface area (Å²) in [5.74, 6) is 1.25. The summed E-state index contributed by atoms with van der Waals surface area (Å²) >= 11 is 5.61. The molecule has 0 N–H and O–H groups in total. The summed E-state index contributed by atoms with van der Waals surface area (Å²) in [4.78, 5) is 0. The van der Waals surface area contributed by atoms with Crippen molar-refractivity contribution < 1.29 is 8.81 Å². The van der Waals surface area contributed by atoms with Crippen LogP contribution in [0.25, 0.3) is 21.7 Å². The Balaban J connectivity index is 1.52. The molecular formula is C30H39FOS. The van der Waals surface area contributed by atoms with Gasteiger partial charge in [0.1, 0.15) is 0 Å². The molecule has 1 heterocycles. The van der Waals surface area contributed by atoms with Crippen LogP contribution < -0.4 is 0 Å². The van der Waals surface area contributed by atoms with Crippen LogP contribution in [-0.4, -0.2) is 0 Å². The standard InChI is InChI=1S/C30H39FOS/c1-3-5-6-7-8-9-10-11-23-16-19-26-25-18-17-24(22-14-12-21(4-2)13-15-22)20-27(25)30(33)32-29(26)28(23)31/h16-22H,3-15H2,1-2H3. The van der Waals surface area contributed by atoms with E-state index in [-0.39, 0.29) is 5.82 Å². The predicted octanol–water partition coefficient (Wildman–Crippen LogP) is 10.4. The maximum atomic E-state index is 15.4. The van der Waals surface area contributed by atoms with Crippen LogP contribution in [-0.2, 0) is 6.42 Å². The van der Waals surface area contributed by atoms with Gasteiger partial charge in [-0.25, -0.2) is 4.39 Å². The second kappa shape index (κ2) is 11.6. The van der Waals surface area contributed by atoms with E-state index in [1.165, 1.54) is 69.8 Å². The van der Waals surface area contributed by atoms with Gasteiger partial charge in [0, 0.05) is 10.8 Å². The Morgan fingerprint density at radius 2 is 1.55 bits per heavy atom. The van der Waals surface area contributed by atoms with Gasteiger partial charge < -0.3 is 4.42 Å². The van der Waals surface area contributed by atoms with Crippen LogP contribution in [0.4, 0.5) is 4.39 Å². The third kappa shape index (κ3) is 5.67. The highest BCUT2D eigenvalue weighted by atomic mass is 32.1. The van der Waals surface area contributed by atoms with Crippen LogP contribution in [0.5, 0.6) is 0 Å². The Morgan fingerprint density at radius 1 is 0.848 bits per heavy atom. The Labute approximate surface area is 203 Å². The fourth-order valence-corrected chi connectivity index (χ4v) is 5.90. The molecule has 1 nitrogen and oxygen atoms in total. The number of fused-ring (bicyclic) bond motifs is 3. The number of hydrogen-bond donors (Lipinski definition) is 0. The van der Waals surface area contributed by atoms with Crippen molar-refractivity contribution in [3.05, 3.63) is 52.0 Å². The van der Waals surface area contributed by atoms with E-state index in [1.54, 1.807) is 0 Å². The van der Waals surface area contributed by atoms with Crippen molar-refractivity contribution in [2.24, 2.45) is 5.92 Å². The summed E-state index contributed by atoms with van der Waals surface area (Å²) in [6, 6.07) is 10.6. The van der Waals surface area contributed by atoms with Crippen LogP contribution in [0.1, 0.15) is 108 Å². The average molecular weight is 467 g/mol. The average Bonchev–Trinajstić information content (AvgIpc) is 2.85. The zero-order valence-corrected chi connectivity index (χ0v) is 21.2. The summed E-state index contributed by atoms with van der Waals surface area (Å²) in [5, 5.41) is 2.79. The maximum absolute atomic E-state index is 15.4. The minimum absolute atomic E-state index is 0.228. The molecule has 1 saturated carbocycles. The molecule has 3 aromatic rings. The maximum Gasteiger partial charge on any atom is 0.198 e. The zero-order valence-electron chi connectivity index (χ0n) is 20.4. The van der Waals surface area contributed by atoms with Crippen molar-refractivity contribution in [3.8, 4) is 0 Å². The quantitative estimate of drug-likeness (QED) is 0.167. The van der Waals surface area contributed by atoms with Crippen molar-refractivity contribution in [3.63, 3.8) is 0 Å². The largest absolute Gasteiger partial charge is 0.441 e. The molecular weight excluding hydrogens is 427 g/mol. The molecule has 0 aliphatic heterocycles.